The van der Waals surface area contributed by atoms with Crippen molar-refractivity contribution in [2.45, 2.75) is 24.9 Å². The molecule has 0 spiro atoms. The molecule has 2 aromatic rings. The van der Waals surface area contributed by atoms with Crippen LogP contribution in [0.3, 0.4) is 0 Å². The van der Waals surface area contributed by atoms with Crippen LogP contribution in [-0.4, -0.2) is 73.6 Å². The van der Waals surface area contributed by atoms with E-state index in [1.165, 1.54) is 19.1 Å². The van der Waals surface area contributed by atoms with E-state index in [4.69, 9.17) is 10.5 Å². The third kappa shape index (κ3) is 6.08. The van der Waals surface area contributed by atoms with Crippen molar-refractivity contribution in [1.82, 2.24) is 15.3 Å². The highest BCUT2D eigenvalue weighted by Gasteiger charge is 2.29. The van der Waals surface area contributed by atoms with Crippen molar-refractivity contribution in [2.24, 2.45) is 0 Å². The van der Waals surface area contributed by atoms with Crippen LogP contribution in [0.5, 0.6) is 0 Å². The van der Waals surface area contributed by atoms with Gasteiger partial charge in [-0.25, -0.2) is 4.79 Å². The van der Waals surface area contributed by atoms with Gasteiger partial charge in [0.25, 0.3) is 5.91 Å². The van der Waals surface area contributed by atoms with Crippen LogP contribution in [0.4, 0.5) is 23.1 Å². The van der Waals surface area contributed by atoms with Crippen LogP contribution < -0.4 is 32.1 Å². The second kappa shape index (κ2) is 11.7. The number of methoxy groups -OCH3 is 2. The van der Waals surface area contributed by atoms with Crippen LogP contribution >= 0.6 is 0 Å². The van der Waals surface area contributed by atoms with E-state index in [0.29, 0.717) is 31.0 Å². The number of fused-ring (bicyclic) bond motifs is 1. The second-order valence-electron chi connectivity index (χ2n) is 7.82. The molecule has 1 aromatic heterocycles. The number of nitrogens with two attached hydrogens (primary N) is 1. The summed E-state index contributed by atoms with van der Waals surface area (Å²) in [6.45, 7) is 0.637. The van der Waals surface area contributed by atoms with E-state index in [-0.39, 0.29) is 30.0 Å². The van der Waals surface area contributed by atoms with Gasteiger partial charge in [-0.05, 0) is 30.7 Å². The minimum Gasteiger partial charge on any atom is -0.469 e. The summed E-state index contributed by atoms with van der Waals surface area (Å²) < 4.78 is 9.26. The maximum atomic E-state index is 12.6. The van der Waals surface area contributed by atoms with Crippen LogP contribution in [0.2, 0.25) is 0 Å². The number of nitrogens with zero attached hydrogens (tertiary/aromatic N) is 2. The zero-order valence-electron chi connectivity index (χ0n) is 19.7. The van der Waals surface area contributed by atoms with Crippen molar-refractivity contribution in [1.29, 1.82) is 0 Å². The number of nitrogens with one attached hydrogen (secondary N) is 4. The van der Waals surface area contributed by atoms with E-state index >= 15 is 0 Å². The van der Waals surface area contributed by atoms with Gasteiger partial charge in [0.1, 0.15) is 11.9 Å². The Bertz CT molecular complexity index is 1180. The number of nitrogen functional groups attached to an aromatic ring is 1. The van der Waals surface area contributed by atoms with Crippen LogP contribution in [0.25, 0.3) is 0 Å². The van der Waals surface area contributed by atoms with Crippen LogP contribution in [0, 0.1) is 0 Å². The Morgan fingerprint density at radius 2 is 1.97 bits per heavy atom. The Balaban J connectivity index is 1.61. The molecule has 0 saturated carbocycles. The van der Waals surface area contributed by atoms with Gasteiger partial charge < -0.3 is 41.0 Å². The maximum absolute atomic E-state index is 12.6. The smallest absolute Gasteiger partial charge is 0.328 e. The molecule has 3 rings (SSSR count). The zero-order valence-corrected chi connectivity index (χ0v) is 19.7. The van der Waals surface area contributed by atoms with Crippen molar-refractivity contribution in [3.05, 3.63) is 40.2 Å². The lowest BCUT2D eigenvalue weighted by Gasteiger charge is -2.34. The van der Waals surface area contributed by atoms with Crippen LogP contribution in [-0.2, 0) is 23.9 Å². The Labute approximate surface area is 205 Å². The topological polar surface area (TPSA) is 198 Å². The van der Waals surface area contributed by atoms with E-state index in [9.17, 15) is 24.0 Å². The molecule has 2 atom stereocenters. The summed E-state index contributed by atoms with van der Waals surface area (Å²) >= 11 is 0. The molecular weight excluding hydrogens is 474 g/mol. The Kier molecular flexibility index (Phi) is 8.43. The van der Waals surface area contributed by atoms with Crippen LogP contribution in [0.1, 0.15) is 23.2 Å². The number of rotatable bonds is 10. The Morgan fingerprint density at radius 3 is 2.61 bits per heavy atom. The molecule has 1 unspecified atom stereocenters. The number of hydrogen-bond acceptors (Lipinski definition) is 11. The van der Waals surface area contributed by atoms with Gasteiger partial charge in [-0.2, -0.15) is 4.98 Å². The average molecular weight is 502 g/mol. The molecular formula is C22H27N7O7. The summed E-state index contributed by atoms with van der Waals surface area (Å²) in [5, 5.41) is 8.75. The fourth-order valence-corrected chi connectivity index (χ4v) is 3.63. The molecule has 1 aromatic carbocycles. The third-order valence-corrected chi connectivity index (χ3v) is 5.54. The highest BCUT2D eigenvalue weighted by Crippen LogP contribution is 2.25. The third-order valence-electron chi connectivity index (χ3n) is 5.54. The SMILES string of the molecule is COC(=O)CC[C@H](NC(=O)c1ccc(NCC2CNc3[nH]c(N)nc(=O)c3N2C=O)cc1)C(=O)OC. The summed E-state index contributed by atoms with van der Waals surface area (Å²) in [6, 6.07) is 5.00. The minimum absolute atomic E-state index is 0.0292. The molecule has 1 aliphatic rings. The molecule has 0 radical (unpaired) electrons. The molecule has 2 amide bonds. The van der Waals surface area contributed by atoms with Crippen molar-refractivity contribution < 1.29 is 28.7 Å². The first-order chi connectivity index (χ1) is 17.3. The van der Waals surface area contributed by atoms with Crippen molar-refractivity contribution >= 4 is 47.4 Å². The first kappa shape index (κ1) is 26.0. The van der Waals surface area contributed by atoms with Gasteiger partial charge in [0, 0.05) is 30.8 Å². The predicted octanol–water partition coefficient (Wildman–Crippen LogP) is -0.554. The number of amides is 2. The lowest BCUT2D eigenvalue weighted by Crippen LogP contribution is -2.50. The van der Waals surface area contributed by atoms with Gasteiger partial charge in [-0.15, -0.1) is 0 Å². The molecule has 0 aliphatic carbocycles. The molecule has 14 nitrogen and oxygen atoms in total. The van der Waals surface area contributed by atoms with E-state index in [0.717, 1.165) is 0 Å². The molecule has 36 heavy (non-hydrogen) atoms. The minimum atomic E-state index is -1.01. The second-order valence-corrected chi connectivity index (χ2v) is 7.82. The molecule has 0 fully saturated rings. The van der Waals surface area contributed by atoms with Gasteiger partial charge in [0.15, 0.2) is 5.69 Å². The summed E-state index contributed by atoms with van der Waals surface area (Å²) in [6.07, 6.45) is 0.527. The van der Waals surface area contributed by atoms with E-state index in [1.807, 2.05) is 0 Å². The van der Waals surface area contributed by atoms with Crippen molar-refractivity contribution in [2.75, 3.05) is 48.6 Å². The van der Waals surface area contributed by atoms with Crippen LogP contribution in [0.15, 0.2) is 29.1 Å². The zero-order chi connectivity index (χ0) is 26.2. The molecule has 0 bridgehead atoms. The molecule has 192 valence electrons. The lowest BCUT2D eigenvalue weighted by molar-refractivity contribution is -0.144. The number of anilines is 4. The highest BCUT2D eigenvalue weighted by atomic mass is 16.5. The largest absolute Gasteiger partial charge is 0.469 e. The summed E-state index contributed by atoms with van der Waals surface area (Å²) in [7, 11) is 2.42. The maximum Gasteiger partial charge on any atom is 0.328 e. The number of aromatic amines is 1. The van der Waals surface area contributed by atoms with Gasteiger partial charge in [-0.3, -0.25) is 19.2 Å². The monoisotopic (exact) mass is 501 g/mol. The number of carbonyl (C=O) groups excluding carboxylic acids is 4. The lowest BCUT2D eigenvalue weighted by atomic mass is 10.1. The van der Waals surface area contributed by atoms with Gasteiger partial charge in [0.05, 0.1) is 20.3 Å². The van der Waals surface area contributed by atoms with Gasteiger partial charge in [0.2, 0.25) is 12.4 Å². The van der Waals surface area contributed by atoms with Crippen molar-refractivity contribution in [3.8, 4) is 0 Å². The molecule has 1 aliphatic heterocycles. The Hall–Kier alpha value is -4.62. The first-order valence-corrected chi connectivity index (χ1v) is 10.9. The number of esters is 2. The fraction of sp³-hybridized carbons (Fsp3) is 0.364. The van der Waals surface area contributed by atoms with Gasteiger partial charge >= 0.3 is 17.5 Å². The fourth-order valence-electron chi connectivity index (χ4n) is 3.63. The quantitative estimate of drug-likeness (QED) is 0.207. The Morgan fingerprint density at radius 1 is 1.25 bits per heavy atom. The number of benzene rings is 1. The highest BCUT2D eigenvalue weighted by molar-refractivity contribution is 5.97. The number of ether oxygens (including phenoxy) is 2. The van der Waals surface area contributed by atoms with E-state index < -0.39 is 35.5 Å². The predicted molar refractivity (Wildman–Crippen MR) is 130 cm³/mol. The molecule has 2 heterocycles. The van der Waals surface area contributed by atoms with E-state index in [1.54, 1.807) is 24.3 Å². The van der Waals surface area contributed by atoms with Gasteiger partial charge in [-0.1, -0.05) is 0 Å². The average Bonchev–Trinajstić information content (AvgIpc) is 2.88. The number of aromatic nitrogens is 2. The first-order valence-electron chi connectivity index (χ1n) is 10.9. The number of H-pyrrole nitrogens is 1. The normalized spacial score (nSPS) is 15.1. The number of hydrogen-bond donors (Lipinski definition) is 5. The summed E-state index contributed by atoms with van der Waals surface area (Å²) in [5.74, 6) is -1.44. The summed E-state index contributed by atoms with van der Waals surface area (Å²) in [5.41, 5.74) is 5.95. The molecule has 14 heteroatoms. The molecule has 6 N–H and O–H groups in total. The molecule has 0 saturated heterocycles. The summed E-state index contributed by atoms with van der Waals surface area (Å²) in [4.78, 5) is 67.6. The van der Waals surface area contributed by atoms with Crippen molar-refractivity contribution in [3.63, 3.8) is 0 Å². The number of carbonyl (C=O) groups is 4. The standard InChI is InChI=1S/C22H27N7O7/c1-35-16(31)8-7-15(21(34)36-2)26-19(32)12-3-5-13(6-4-12)24-9-14-10-25-18-17(29(14)11-30)20(33)28-22(23)27-18/h3-6,11,14-15,24H,7-10H2,1-2H3,(H,26,32)(H4,23,25,27,28,33)/t14?,15-/m0/s1. The van der Waals surface area contributed by atoms with E-state index in [2.05, 4.69) is 30.7 Å².